The fourth-order valence-corrected chi connectivity index (χ4v) is 2.85. The molecule has 0 radical (unpaired) electrons. The maximum atomic E-state index is 12.0. The van der Waals surface area contributed by atoms with Crippen LogP contribution in [0.5, 0.6) is 0 Å². The Hall–Kier alpha value is -1.66. The fraction of sp³-hybridized carbons (Fsp3) is 0.308. The summed E-state index contributed by atoms with van der Waals surface area (Å²) in [5, 5.41) is 4.09. The van der Waals surface area contributed by atoms with Crippen LogP contribution < -0.4 is 4.72 Å². The molecule has 100 valence electrons. The maximum Gasteiger partial charge on any atom is 0.243 e. The van der Waals surface area contributed by atoms with Gasteiger partial charge in [0.25, 0.3) is 0 Å². The minimum atomic E-state index is -3.44. The highest BCUT2D eigenvalue weighted by molar-refractivity contribution is 7.89. The Balaban J connectivity index is 1.80. The van der Waals surface area contributed by atoms with Crippen LogP contribution in [0, 0.1) is 5.92 Å². The Morgan fingerprint density at radius 1 is 1.26 bits per heavy atom. The van der Waals surface area contributed by atoms with Gasteiger partial charge in [0.05, 0.1) is 18.1 Å². The molecule has 0 saturated heterocycles. The SMILES string of the molecule is O=S(=O)(NCC1CC1)c1cnn(-c2ccccc2)c1. The zero-order valence-corrected chi connectivity index (χ0v) is 11.2. The summed E-state index contributed by atoms with van der Waals surface area (Å²) in [5.41, 5.74) is 0.839. The predicted molar refractivity (Wildman–Crippen MR) is 71.5 cm³/mol. The predicted octanol–water partition coefficient (Wildman–Crippen LogP) is 1.56. The molecule has 0 unspecified atom stereocenters. The molecule has 1 heterocycles. The molecule has 1 N–H and O–H groups in total. The zero-order chi connectivity index (χ0) is 13.3. The van der Waals surface area contributed by atoms with Crippen LogP contribution in [0.4, 0.5) is 0 Å². The largest absolute Gasteiger partial charge is 0.243 e. The maximum absolute atomic E-state index is 12.0. The Bertz CT molecular complexity index is 660. The second-order valence-electron chi connectivity index (χ2n) is 4.75. The first-order valence-electron chi connectivity index (χ1n) is 6.25. The summed E-state index contributed by atoms with van der Waals surface area (Å²) in [6, 6.07) is 9.43. The first kappa shape index (κ1) is 12.4. The van der Waals surface area contributed by atoms with Gasteiger partial charge in [0, 0.05) is 6.54 Å². The van der Waals surface area contributed by atoms with E-state index in [0.717, 1.165) is 18.5 Å². The van der Waals surface area contributed by atoms with Crippen molar-refractivity contribution in [3.8, 4) is 5.69 Å². The molecule has 1 aromatic carbocycles. The first-order valence-corrected chi connectivity index (χ1v) is 7.73. The Kier molecular flexibility index (Phi) is 3.12. The molecule has 1 aliphatic carbocycles. The van der Waals surface area contributed by atoms with Crippen LogP contribution in [0.3, 0.4) is 0 Å². The Labute approximate surface area is 112 Å². The van der Waals surface area contributed by atoms with E-state index in [1.807, 2.05) is 30.3 Å². The Morgan fingerprint density at radius 3 is 2.68 bits per heavy atom. The molecule has 5 nitrogen and oxygen atoms in total. The molecule has 0 atom stereocenters. The van der Waals surface area contributed by atoms with Gasteiger partial charge >= 0.3 is 0 Å². The van der Waals surface area contributed by atoms with E-state index in [0.29, 0.717) is 12.5 Å². The standard InChI is InChI=1S/C13H15N3O2S/c17-19(18,15-8-11-6-7-11)13-9-14-16(10-13)12-4-2-1-3-5-12/h1-5,9-11,15H,6-8H2. The number of benzene rings is 1. The molecule has 3 rings (SSSR count). The van der Waals surface area contributed by atoms with Crippen LogP contribution >= 0.6 is 0 Å². The summed E-state index contributed by atoms with van der Waals surface area (Å²) in [6.07, 6.45) is 5.14. The Morgan fingerprint density at radius 2 is 2.00 bits per heavy atom. The minimum Gasteiger partial charge on any atom is -0.240 e. The molecular formula is C13H15N3O2S. The summed E-state index contributed by atoms with van der Waals surface area (Å²) in [6.45, 7) is 0.527. The number of nitrogens with one attached hydrogen (secondary N) is 1. The van der Waals surface area contributed by atoms with Gasteiger partial charge in [-0.15, -0.1) is 0 Å². The van der Waals surface area contributed by atoms with Crippen molar-refractivity contribution in [1.82, 2.24) is 14.5 Å². The molecule has 1 aliphatic rings. The average molecular weight is 277 g/mol. The molecule has 19 heavy (non-hydrogen) atoms. The van der Waals surface area contributed by atoms with E-state index in [2.05, 4.69) is 9.82 Å². The molecule has 0 amide bonds. The van der Waals surface area contributed by atoms with Crippen molar-refractivity contribution in [3.05, 3.63) is 42.7 Å². The third-order valence-corrected chi connectivity index (χ3v) is 4.53. The van der Waals surface area contributed by atoms with Crippen molar-refractivity contribution in [2.45, 2.75) is 17.7 Å². The van der Waals surface area contributed by atoms with Gasteiger partial charge in [0.15, 0.2) is 0 Å². The molecule has 0 spiro atoms. The van der Waals surface area contributed by atoms with E-state index in [1.54, 1.807) is 4.68 Å². The number of para-hydroxylation sites is 1. The van der Waals surface area contributed by atoms with Crippen molar-refractivity contribution >= 4 is 10.0 Å². The lowest BCUT2D eigenvalue weighted by molar-refractivity contribution is 0.577. The van der Waals surface area contributed by atoms with E-state index in [-0.39, 0.29) is 4.90 Å². The molecule has 0 aliphatic heterocycles. The van der Waals surface area contributed by atoms with Gasteiger partial charge in [-0.3, -0.25) is 0 Å². The van der Waals surface area contributed by atoms with E-state index in [9.17, 15) is 8.42 Å². The van der Waals surface area contributed by atoms with Crippen molar-refractivity contribution in [2.24, 2.45) is 5.92 Å². The number of hydrogen-bond donors (Lipinski definition) is 1. The van der Waals surface area contributed by atoms with E-state index in [4.69, 9.17) is 0 Å². The summed E-state index contributed by atoms with van der Waals surface area (Å²) in [4.78, 5) is 0.206. The van der Waals surface area contributed by atoms with Crippen LogP contribution in [0.2, 0.25) is 0 Å². The van der Waals surface area contributed by atoms with Crippen molar-refractivity contribution in [2.75, 3.05) is 6.54 Å². The molecule has 1 fully saturated rings. The second-order valence-corrected chi connectivity index (χ2v) is 6.52. The number of aromatic nitrogens is 2. The van der Waals surface area contributed by atoms with Gasteiger partial charge < -0.3 is 0 Å². The van der Waals surface area contributed by atoms with Gasteiger partial charge in [-0.05, 0) is 30.9 Å². The van der Waals surface area contributed by atoms with Crippen molar-refractivity contribution in [1.29, 1.82) is 0 Å². The summed E-state index contributed by atoms with van der Waals surface area (Å²) >= 11 is 0. The van der Waals surface area contributed by atoms with E-state index < -0.39 is 10.0 Å². The molecule has 1 aromatic heterocycles. The van der Waals surface area contributed by atoms with Crippen molar-refractivity contribution in [3.63, 3.8) is 0 Å². The topological polar surface area (TPSA) is 64.0 Å². The molecule has 6 heteroatoms. The number of rotatable bonds is 5. The smallest absolute Gasteiger partial charge is 0.240 e. The summed E-state index contributed by atoms with van der Waals surface area (Å²) < 4.78 is 28.3. The molecule has 2 aromatic rings. The van der Waals surface area contributed by atoms with Gasteiger partial charge in [0.1, 0.15) is 4.90 Å². The lowest BCUT2D eigenvalue weighted by Gasteiger charge is -2.03. The van der Waals surface area contributed by atoms with Crippen LogP contribution in [0.25, 0.3) is 5.69 Å². The third kappa shape index (κ3) is 2.85. The fourth-order valence-electron chi connectivity index (χ4n) is 1.80. The molecular weight excluding hydrogens is 262 g/mol. The summed E-state index contributed by atoms with van der Waals surface area (Å²) in [5.74, 6) is 0.513. The highest BCUT2D eigenvalue weighted by Gasteiger charge is 2.24. The van der Waals surface area contributed by atoms with Crippen LogP contribution in [0.15, 0.2) is 47.6 Å². The highest BCUT2D eigenvalue weighted by atomic mass is 32.2. The van der Waals surface area contributed by atoms with Gasteiger partial charge in [-0.1, -0.05) is 18.2 Å². The second kappa shape index (κ2) is 4.79. The van der Waals surface area contributed by atoms with Gasteiger partial charge in [-0.2, -0.15) is 5.10 Å². The average Bonchev–Trinajstić information content (AvgIpc) is 3.11. The number of sulfonamides is 1. The van der Waals surface area contributed by atoms with Crippen molar-refractivity contribution < 1.29 is 8.42 Å². The normalized spacial score (nSPS) is 15.6. The quantitative estimate of drug-likeness (QED) is 0.902. The summed E-state index contributed by atoms with van der Waals surface area (Å²) in [7, 11) is -3.44. The first-order chi connectivity index (χ1) is 9.15. The minimum absolute atomic E-state index is 0.206. The van der Waals surface area contributed by atoms with Crippen LogP contribution in [0.1, 0.15) is 12.8 Å². The van der Waals surface area contributed by atoms with E-state index in [1.165, 1.54) is 12.4 Å². The van der Waals surface area contributed by atoms with E-state index >= 15 is 0 Å². The monoisotopic (exact) mass is 277 g/mol. The zero-order valence-electron chi connectivity index (χ0n) is 10.4. The molecule has 0 bridgehead atoms. The lowest BCUT2D eigenvalue weighted by atomic mass is 10.3. The highest BCUT2D eigenvalue weighted by Crippen LogP contribution is 2.28. The number of nitrogens with zero attached hydrogens (tertiary/aromatic N) is 2. The molecule has 1 saturated carbocycles. The third-order valence-electron chi connectivity index (χ3n) is 3.15. The van der Waals surface area contributed by atoms with Gasteiger partial charge in [0.2, 0.25) is 10.0 Å². The van der Waals surface area contributed by atoms with Gasteiger partial charge in [-0.25, -0.2) is 17.8 Å². The number of hydrogen-bond acceptors (Lipinski definition) is 3. The van der Waals surface area contributed by atoms with Crippen LogP contribution in [-0.4, -0.2) is 24.7 Å². The lowest BCUT2D eigenvalue weighted by Crippen LogP contribution is -2.25. The van der Waals surface area contributed by atoms with Crippen LogP contribution in [-0.2, 0) is 10.0 Å².